The van der Waals surface area contributed by atoms with Gasteiger partial charge in [-0.15, -0.1) is 11.3 Å². The van der Waals surface area contributed by atoms with E-state index < -0.39 is 0 Å². The van der Waals surface area contributed by atoms with Gasteiger partial charge >= 0.3 is 0 Å². The normalized spacial score (nSPS) is 12.8. The molecule has 0 amide bonds. The zero-order chi connectivity index (χ0) is 14.4. The van der Waals surface area contributed by atoms with Crippen molar-refractivity contribution in [1.82, 2.24) is 19.9 Å². The van der Waals surface area contributed by atoms with Crippen molar-refractivity contribution in [3.63, 3.8) is 0 Å². The topological polar surface area (TPSA) is 42.7 Å². The zero-order valence-electron chi connectivity index (χ0n) is 12.6. The SMILES string of the molecule is CCCNC(CCc1nccn1C)Cc1csc(C)n1. The van der Waals surface area contributed by atoms with Crippen molar-refractivity contribution in [1.29, 1.82) is 0 Å². The van der Waals surface area contributed by atoms with Crippen LogP contribution in [0.15, 0.2) is 17.8 Å². The molecule has 0 aliphatic rings. The first-order valence-electron chi connectivity index (χ1n) is 7.29. The molecule has 1 N–H and O–H groups in total. The molecule has 1 unspecified atom stereocenters. The number of aromatic nitrogens is 3. The molecule has 2 rings (SSSR count). The molecule has 2 aromatic rings. The van der Waals surface area contributed by atoms with E-state index in [9.17, 15) is 0 Å². The van der Waals surface area contributed by atoms with E-state index in [1.807, 2.05) is 12.4 Å². The number of hydrogen-bond donors (Lipinski definition) is 1. The molecule has 0 aliphatic heterocycles. The minimum Gasteiger partial charge on any atom is -0.338 e. The van der Waals surface area contributed by atoms with Gasteiger partial charge in [0.25, 0.3) is 0 Å². The van der Waals surface area contributed by atoms with Gasteiger partial charge in [-0.05, 0) is 26.3 Å². The number of aryl methyl sites for hydroxylation is 3. The van der Waals surface area contributed by atoms with Crippen LogP contribution in [0.2, 0.25) is 0 Å². The first kappa shape index (κ1) is 15.2. The van der Waals surface area contributed by atoms with Crippen LogP contribution in [-0.2, 0) is 19.9 Å². The summed E-state index contributed by atoms with van der Waals surface area (Å²) in [5, 5.41) is 6.97. The Morgan fingerprint density at radius 3 is 2.90 bits per heavy atom. The van der Waals surface area contributed by atoms with Crippen LogP contribution in [0.3, 0.4) is 0 Å². The maximum Gasteiger partial charge on any atom is 0.108 e. The smallest absolute Gasteiger partial charge is 0.108 e. The van der Waals surface area contributed by atoms with E-state index in [0.717, 1.165) is 43.1 Å². The number of nitrogens with one attached hydrogen (secondary N) is 1. The second-order valence-corrected chi connectivity index (χ2v) is 6.27. The van der Waals surface area contributed by atoms with Crippen LogP contribution in [0.25, 0.3) is 0 Å². The van der Waals surface area contributed by atoms with Crippen LogP contribution in [0.4, 0.5) is 0 Å². The number of nitrogens with zero attached hydrogens (tertiary/aromatic N) is 3. The van der Waals surface area contributed by atoms with E-state index in [1.54, 1.807) is 11.3 Å². The summed E-state index contributed by atoms with van der Waals surface area (Å²) in [4.78, 5) is 8.98. The molecule has 2 aromatic heterocycles. The molecule has 4 nitrogen and oxygen atoms in total. The minimum atomic E-state index is 0.480. The van der Waals surface area contributed by atoms with E-state index in [-0.39, 0.29) is 0 Å². The van der Waals surface area contributed by atoms with Gasteiger partial charge in [0, 0.05) is 43.7 Å². The van der Waals surface area contributed by atoms with Crippen LogP contribution in [-0.4, -0.2) is 27.1 Å². The Kier molecular flexibility index (Phi) is 5.73. The Morgan fingerprint density at radius 1 is 1.45 bits per heavy atom. The van der Waals surface area contributed by atoms with Crippen LogP contribution in [0.1, 0.15) is 36.3 Å². The van der Waals surface area contributed by atoms with Gasteiger partial charge in [-0.3, -0.25) is 0 Å². The molecule has 0 aromatic carbocycles. The van der Waals surface area contributed by atoms with Gasteiger partial charge in [0.2, 0.25) is 0 Å². The molecule has 0 bridgehead atoms. The summed E-state index contributed by atoms with van der Waals surface area (Å²) in [6.45, 7) is 5.33. The predicted molar refractivity (Wildman–Crippen MR) is 84.2 cm³/mol. The lowest BCUT2D eigenvalue weighted by Gasteiger charge is -2.17. The summed E-state index contributed by atoms with van der Waals surface area (Å²) in [5.41, 5.74) is 1.21. The molecule has 0 fully saturated rings. The van der Waals surface area contributed by atoms with Crippen LogP contribution < -0.4 is 5.32 Å². The molecular formula is C15H24N4S. The number of thiazole rings is 1. The molecule has 2 heterocycles. The summed E-state index contributed by atoms with van der Waals surface area (Å²) in [7, 11) is 2.06. The Labute approximate surface area is 125 Å². The van der Waals surface area contributed by atoms with Crippen molar-refractivity contribution >= 4 is 11.3 Å². The maximum absolute atomic E-state index is 4.58. The van der Waals surface area contributed by atoms with Gasteiger partial charge in [-0.25, -0.2) is 9.97 Å². The van der Waals surface area contributed by atoms with Crippen molar-refractivity contribution in [2.75, 3.05) is 6.54 Å². The molecule has 0 saturated carbocycles. The van der Waals surface area contributed by atoms with Crippen LogP contribution in [0, 0.1) is 6.92 Å². The highest BCUT2D eigenvalue weighted by atomic mass is 32.1. The lowest BCUT2D eigenvalue weighted by atomic mass is 10.1. The van der Waals surface area contributed by atoms with Crippen LogP contribution in [0.5, 0.6) is 0 Å². The Balaban J connectivity index is 1.91. The lowest BCUT2D eigenvalue weighted by Crippen LogP contribution is -2.32. The molecule has 0 radical (unpaired) electrons. The molecule has 0 spiro atoms. The standard InChI is InChI=1S/C15H24N4S/c1-4-7-16-13(10-14-11-20-12(2)18-14)5-6-15-17-8-9-19(15)3/h8-9,11,13,16H,4-7,10H2,1-3H3. The highest BCUT2D eigenvalue weighted by Crippen LogP contribution is 2.12. The highest BCUT2D eigenvalue weighted by Gasteiger charge is 2.12. The largest absolute Gasteiger partial charge is 0.338 e. The van der Waals surface area contributed by atoms with Gasteiger partial charge in [-0.1, -0.05) is 6.92 Å². The second kappa shape index (κ2) is 7.55. The fraction of sp³-hybridized carbons (Fsp3) is 0.600. The summed E-state index contributed by atoms with van der Waals surface area (Å²) >= 11 is 1.73. The van der Waals surface area contributed by atoms with E-state index in [1.165, 1.54) is 5.69 Å². The molecule has 1 atom stereocenters. The van der Waals surface area contributed by atoms with Crippen molar-refractivity contribution in [2.45, 2.75) is 45.6 Å². The zero-order valence-corrected chi connectivity index (χ0v) is 13.4. The summed E-state index contributed by atoms with van der Waals surface area (Å²) in [6, 6.07) is 0.480. The fourth-order valence-corrected chi connectivity index (χ4v) is 2.95. The van der Waals surface area contributed by atoms with Gasteiger partial charge in [0.1, 0.15) is 5.82 Å². The Hall–Kier alpha value is -1.20. The Bertz CT molecular complexity index is 517. The third-order valence-corrected chi connectivity index (χ3v) is 4.26. The van der Waals surface area contributed by atoms with Gasteiger partial charge in [-0.2, -0.15) is 0 Å². The van der Waals surface area contributed by atoms with E-state index >= 15 is 0 Å². The summed E-state index contributed by atoms with van der Waals surface area (Å²) in [6.07, 6.45) is 8.15. The number of rotatable bonds is 8. The van der Waals surface area contributed by atoms with E-state index in [2.05, 4.69) is 46.1 Å². The third-order valence-electron chi connectivity index (χ3n) is 3.44. The van der Waals surface area contributed by atoms with Crippen molar-refractivity contribution in [3.05, 3.63) is 34.3 Å². The minimum absolute atomic E-state index is 0.480. The van der Waals surface area contributed by atoms with E-state index in [4.69, 9.17) is 0 Å². The third kappa shape index (κ3) is 4.42. The average Bonchev–Trinajstić information content (AvgIpc) is 3.02. The second-order valence-electron chi connectivity index (χ2n) is 5.21. The molecule has 110 valence electrons. The van der Waals surface area contributed by atoms with Crippen molar-refractivity contribution < 1.29 is 0 Å². The monoisotopic (exact) mass is 292 g/mol. The first-order chi connectivity index (χ1) is 9.69. The van der Waals surface area contributed by atoms with Gasteiger partial charge in [0.05, 0.1) is 10.7 Å². The van der Waals surface area contributed by atoms with Crippen molar-refractivity contribution in [2.24, 2.45) is 7.05 Å². The van der Waals surface area contributed by atoms with Crippen molar-refractivity contribution in [3.8, 4) is 0 Å². The predicted octanol–water partition coefficient (Wildman–Crippen LogP) is 2.73. The molecular weight excluding hydrogens is 268 g/mol. The quantitative estimate of drug-likeness (QED) is 0.813. The summed E-state index contributed by atoms with van der Waals surface area (Å²) < 4.78 is 2.10. The number of hydrogen-bond acceptors (Lipinski definition) is 4. The molecule has 0 saturated heterocycles. The maximum atomic E-state index is 4.58. The molecule has 0 aliphatic carbocycles. The number of imidazole rings is 1. The average molecular weight is 292 g/mol. The van der Waals surface area contributed by atoms with E-state index in [0.29, 0.717) is 6.04 Å². The summed E-state index contributed by atoms with van der Waals surface area (Å²) in [5.74, 6) is 1.16. The lowest BCUT2D eigenvalue weighted by molar-refractivity contribution is 0.468. The highest BCUT2D eigenvalue weighted by molar-refractivity contribution is 7.09. The molecule has 20 heavy (non-hydrogen) atoms. The molecule has 5 heteroatoms. The fourth-order valence-electron chi connectivity index (χ4n) is 2.32. The van der Waals surface area contributed by atoms with Gasteiger partial charge < -0.3 is 9.88 Å². The van der Waals surface area contributed by atoms with Crippen LogP contribution >= 0.6 is 11.3 Å². The Morgan fingerprint density at radius 2 is 2.30 bits per heavy atom. The van der Waals surface area contributed by atoms with Gasteiger partial charge in [0.15, 0.2) is 0 Å². The first-order valence-corrected chi connectivity index (χ1v) is 8.17.